The maximum Gasteiger partial charge on any atom is 0.337 e. The number of nitrogens with zero attached hydrogens (tertiary/aromatic N) is 1. The molecule has 24 heavy (non-hydrogen) atoms. The second-order valence-electron chi connectivity index (χ2n) is 5.67. The van der Waals surface area contributed by atoms with Gasteiger partial charge in [0.2, 0.25) is 0 Å². The Labute approximate surface area is 138 Å². The van der Waals surface area contributed by atoms with Crippen LogP contribution in [0, 0.1) is 0 Å². The van der Waals surface area contributed by atoms with Gasteiger partial charge in [0.15, 0.2) is 0 Å². The molecule has 0 amide bonds. The van der Waals surface area contributed by atoms with Crippen molar-refractivity contribution in [1.29, 1.82) is 0 Å². The summed E-state index contributed by atoms with van der Waals surface area (Å²) in [5, 5.41) is 4.22. The molecule has 0 unspecified atom stereocenters. The van der Waals surface area contributed by atoms with Crippen LogP contribution in [-0.2, 0) is 15.4 Å². The number of oxime groups is 1. The average Bonchev–Trinajstić information content (AvgIpc) is 3.09. The number of benzene rings is 3. The summed E-state index contributed by atoms with van der Waals surface area (Å²) in [6.45, 7) is 0. The third-order valence-electron chi connectivity index (χ3n) is 4.22. The van der Waals surface area contributed by atoms with Crippen LogP contribution >= 0.6 is 0 Å². The molecule has 0 bridgehead atoms. The lowest BCUT2D eigenvalue weighted by Gasteiger charge is -2.33. The van der Waals surface area contributed by atoms with Gasteiger partial charge in [-0.25, -0.2) is 0 Å². The Morgan fingerprint density at radius 1 is 0.667 bits per heavy atom. The Morgan fingerprint density at radius 3 is 1.92 bits per heavy atom. The summed E-state index contributed by atoms with van der Waals surface area (Å²) in [4.78, 5) is 5.89. The second-order valence-corrected chi connectivity index (χ2v) is 5.67. The standard InChI is InChI=1S/C20H13NO3/c1-2-8-14(9-3-1)19-21-24-20(23-19)15-10-4-6-12-17(15)22-18-13-7-5-11-16(18)20/h1-13H. The Balaban J connectivity index is 1.67. The number of fused-ring (bicyclic) bond motifs is 4. The van der Waals surface area contributed by atoms with Crippen LogP contribution in [0.25, 0.3) is 0 Å². The lowest BCUT2D eigenvalue weighted by atomic mass is 9.93. The Bertz CT molecular complexity index is 904. The summed E-state index contributed by atoms with van der Waals surface area (Å²) in [5.41, 5.74) is 2.48. The van der Waals surface area contributed by atoms with Gasteiger partial charge in [-0.1, -0.05) is 42.5 Å². The van der Waals surface area contributed by atoms with Crippen LogP contribution in [0.5, 0.6) is 11.5 Å². The van der Waals surface area contributed by atoms with Crippen LogP contribution in [0.4, 0.5) is 0 Å². The molecular weight excluding hydrogens is 302 g/mol. The Hall–Kier alpha value is -3.27. The molecule has 116 valence electrons. The molecule has 3 aromatic rings. The fourth-order valence-corrected chi connectivity index (χ4v) is 3.10. The number of para-hydroxylation sites is 2. The van der Waals surface area contributed by atoms with Crippen LogP contribution in [0.1, 0.15) is 16.7 Å². The smallest absolute Gasteiger partial charge is 0.337 e. The molecule has 2 heterocycles. The van der Waals surface area contributed by atoms with E-state index in [0.717, 1.165) is 16.7 Å². The van der Waals surface area contributed by atoms with E-state index in [0.29, 0.717) is 17.4 Å². The fourth-order valence-electron chi connectivity index (χ4n) is 3.10. The lowest BCUT2D eigenvalue weighted by Crippen LogP contribution is -2.34. The highest BCUT2D eigenvalue weighted by molar-refractivity contribution is 5.95. The van der Waals surface area contributed by atoms with E-state index in [-0.39, 0.29) is 0 Å². The minimum atomic E-state index is -1.11. The van der Waals surface area contributed by atoms with Gasteiger partial charge in [-0.05, 0) is 41.6 Å². The minimum Gasteiger partial charge on any atom is -0.456 e. The van der Waals surface area contributed by atoms with Crippen LogP contribution in [0.2, 0.25) is 0 Å². The average molecular weight is 315 g/mol. The lowest BCUT2D eigenvalue weighted by molar-refractivity contribution is -0.137. The summed E-state index contributed by atoms with van der Waals surface area (Å²) in [6, 6.07) is 25.1. The highest BCUT2D eigenvalue weighted by atomic mass is 16.8. The molecule has 2 aliphatic rings. The van der Waals surface area contributed by atoms with Gasteiger partial charge in [0.1, 0.15) is 11.5 Å². The molecular formula is C20H13NO3. The topological polar surface area (TPSA) is 40.0 Å². The zero-order chi connectivity index (χ0) is 16.0. The van der Waals surface area contributed by atoms with Crippen molar-refractivity contribution < 1.29 is 14.3 Å². The van der Waals surface area contributed by atoms with Crippen molar-refractivity contribution in [2.75, 3.05) is 0 Å². The largest absolute Gasteiger partial charge is 0.456 e. The minimum absolute atomic E-state index is 0.460. The highest BCUT2D eigenvalue weighted by Gasteiger charge is 2.51. The van der Waals surface area contributed by atoms with Gasteiger partial charge in [0.05, 0.1) is 11.1 Å². The van der Waals surface area contributed by atoms with Crippen molar-refractivity contribution >= 4 is 5.90 Å². The van der Waals surface area contributed by atoms with E-state index in [2.05, 4.69) is 5.16 Å². The summed E-state index contributed by atoms with van der Waals surface area (Å²) in [5.74, 6) is 0.764. The molecule has 2 aliphatic heterocycles. The third-order valence-corrected chi connectivity index (χ3v) is 4.22. The molecule has 0 N–H and O–H groups in total. The summed E-state index contributed by atoms with van der Waals surface area (Å²) in [6.07, 6.45) is 0. The van der Waals surface area contributed by atoms with Gasteiger partial charge >= 0.3 is 5.79 Å². The van der Waals surface area contributed by atoms with Crippen molar-refractivity contribution in [1.82, 2.24) is 0 Å². The molecule has 0 saturated heterocycles. The number of hydrogen-bond acceptors (Lipinski definition) is 4. The Morgan fingerprint density at radius 2 is 1.25 bits per heavy atom. The van der Waals surface area contributed by atoms with E-state index in [1.165, 1.54) is 0 Å². The molecule has 0 fully saturated rings. The van der Waals surface area contributed by atoms with Gasteiger partial charge in [-0.2, -0.15) is 0 Å². The predicted molar refractivity (Wildman–Crippen MR) is 88.9 cm³/mol. The first-order valence-electron chi connectivity index (χ1n) is 7.74. The number of hydrogen-bond donors (Lipinski definition) is 0. The van der Waals surface area contributed by atoms with E-state index in [1.807, 2.05) is 78.9 Å². The summed E-state index contributed by atoms with van der Waals surface area (Å²) >= 11 is 0. The molecule has 0 saturated carbocycles. The highest BCUT2D eigenvalue weighted by Crippen LogP contribution is 2.51. The van der Waals surface area contributed by atoms with Crippen LogP contribution in [0.3, 0.4) is 0 Å². The first kappa shape index (κ1) is 13.2. The first-order chi connectivity index (χ1) is 11.9. The molecule has 4 nitrogen and oxygen atoms in total. The van der Waals surface area contributed by atoms with Gasteiger partial charge in [0, 0.05) is 5.56 Å². The number of ether oxygens (including phenoxy) is 2. The van der Waals surface area contributed by atoms with Crippen molar-refractivity contribution in [3.63, 3.8) is 0 Å². The monoisotopic (exact) mass is 315 g/mol. The van der Waals surface area contributed by atoms with Crippen molar-refractivity contribution in [3.05, 3.63) is 95.6 Å². The van der Waals surface area contributed by atoms with E-state index >= 15 is 0 Å². The van der Waals surface area contributed by atoms with Crippen molar-refractivity contribution in [3.8, 4) is 11.5 Å². The third kappa shape index (κ3) is 1.77. The zero-order valence-corrected chi connectivity index (χ0v) is 12.7. The van der Waals surface area contributed by atoms with Crippen LogP contribution < -0.4 is 4.74 Å². The van der Waals surface area contributed by atoms with Crippen molar-refractivity contribution in [2.24, 2.45) is 5.16 Å². The quantitative estimate of drug-likeness (QED) is 0.668. The molecule has 0 radical (unpaired) electrons. The molecule has 0 atom stereocenters. The van der Waals surface area contributed by atoms with Gasteiger partial charge in [-0.15, -0.1) is 0 Å². The summed E-state index contributed by atoms with van der Waals surface area (Å²) in [7, 11) is 0. The molecule has 3 aromatic carbocycles. The Kier molecular flexibility index (Phi) is 2.67. The van der Waals surface area contributed by atoms with E-state index in [9.17, 15) is 0 Å². The second kappa shape index (κ2) is 4.86. The molecule has 0 aliphatic carbocycles. The molecule has 0 aromatic heterocycles. The summed E-state index contributed by atoms with van der Waals surface area (Å²) < 4.78 is 12.3. The van der Waals surface area contributed by atoms with Gasteiger partial charge in [0.25, 0.3) is 5.90 Å². The van der Waals surface area contributed by atoms with Gasteiger partial charge in [-0.3, -0.25) is 0 Å². The maximum atomic E-state index is 6.28. The SMILES string of the molecule is c1ccc(C2=NOC3(O2)c2ccccc2Oc2ccccc23)cc1. The predicted octanol–water partition coefficient (Wildman–Crippen LogP) is 4.40. The molecule has 5 rings (SSSR count). The van der Waals surface area contributed by atoms with E-state index < -0.39 is 5.79 Å². The van der Waals surface area contributed by atoms with E-state index in [4.69, 9.17) is 14.3 Å². The van der Waals surface area contributed by atoms with Crippen molar-refractivity contribution in [2.45, 2.75) is 5.79 Å². The number of rotatable bonds is 1. The van der Waals surface area contributed by atoms with Crippen LogP contribution in [0.15, 0.2) is 84.0 Å². The maximum absolute atomic E-state index is 6.28. The zero-order valence-electron chi connectivity index (χ0n) is 12.7. The normalized spacial score (nSPS) is 16.2. The fraction of sp³-hybridized carbons (Fsp3) is 0.0500. The van der Waals surface area contributed by atoms with Gasteiger partial charge < -0.3 is 14.3 Å². The first-order valence-corrected chi connectivity index (χ1v) is 7.74. The van der Waals surface area contributed by atoms with E-state index in [1.54, 1.807) is 0 Å². The molecule has 1 spiro atoms. The molecule has 4 heteroatoms. The van der Waals surface area contributed by atoms with Crippen LogP contribution in [-0.4, -0.2) is 5.90 Å².